The Balaban J connectivity index is 1.71. The van der Waals surface area contributed by atoms with Crippen LogP contribution in [0.3, 0.4) is 0 Å². The van der Waals surface area contributed by atoms with Crippen LogP contribution in [0.15, 0.2) is 48.7 Å². The van der Waals surface area contributed by atoms with E-state index in [1.54, 1.807) is 31.5 Å². The molecule has 0 saturated carbocycles. The van der Waals surface area contributed by atoms with Crippen LogP contribution in [0.5, 0.6) is 5.75 Å². The summed E-state index contributed by atoms with van der Waals surface area (Å²) in [5.74, 6) is 0.723. The number of benzene rings is 2. The Morgan fingerprint density at radius 2 is 1.81 bits per heavy atom. The third kappa shape index (κ3) is 5.16. The molecule has 31 heavy (non-hydrogen) atoms. The van der Waals surface area contributed by atoms with E-state index in [9.17, 15) is 14.9 Å². The van der Waals surface area contributed by atoms with Gasteiger partial charge in [-0.1, -0.05) is 6.07 Å². The van der Waals surface area contributed by atoms with Crippen molar-refractivity contribution in [1.82, 2.24) is 4.98 Å². The number of amides is 1. The number of rotatable bonds is 6. The molecule has 0 aliphatic carbocycles. The van der Waals surface area contributed by atoms with Crippen LogP contribution in [0.1, 0.15) is 22.4 Å². The molecule has 0 aliphatic heterocycles. The van der Waals surface area contributed by atoms with Gasteiger partial charge in [-0.3, -0.25) is 20.4 Å². The zero-order chi connectivity index (χ0) is 22.5. The van der Waals surface area contributed by atoms with Gasteiger partial charge in [-0.2, -0.15) is 0 Å². The number of nitrogens with one attached hydrogen (secondary N) is 1. The summed E-state index contributed by atoms with van der Waals surface area (Å²) in [6.45, 7) is 5.68. The number of methoxy groups -OCH3 is 1. The third-order valence-corrected chi connectivity index (χ3v) is 4.82. The highest BCUT2D eigenvalue weighted by molar-refractivity contribution is 5.86. The largest absolute Gasteiger partial charge is 0.496 e. The smallest absolute Gasteiger partial charge is 0.412 e. The van der Waals surface area contributed by atoms with Gasteiger partial charge < -0.3 is 9.47 Å². The van der Waals surface area contributed by atoms with E-state index in [2.05, 4.69) is 10.3 Å². The molecule has 1 amide bonds. The van der Waals surface area contributed by atoms with E-state index in [-0.39, 0.29) is 12.3 Å². The van der Waals surface area contributed by atoms with E-state index in [0.717, 1.165) is 33.6 Å². The fourth-order valence-electron chi connectivity index (χ4n) is 3.30. The van der Waals surface area contributed by atoms with Crippen molar-refractivity contribution in [2.24, 2.45) is 0 Å². The van der Waals surface area contributed by atoms with E-state index in [1.807, 2.05) is 32.9 Å². The van der Waals surface area contributed by atoms with E-state index in [1.165, 1.54) is 12.1 Å². The van der Waals surface area contributed by atoms with Crippen LogP contribution in [-0.2, 0) is 11.3 Å². The summed E-state index contributed by atoms with van der Waals surface area (Å²) in [5, 5.41) is 13.6. The Kier molecular flexibility index (Phi) is 6.49. The summed E-state index contributed by atoms with van der Waals surface area (Å²) in [6.07, 6.45) is 1.07. The fourth-order valence-corrected chi connectivity index (χ4v) is 3.30. The van der Waals surface area contributed by atoms with Crippen molar-refractivity contribution in [2.45, 2.75) is 27.4 Å². The molecule has 2 aromatic carbocycles. The summed E-state index contributed by atoms with van der Waals surface area (Å²) in [7, 11) is 1.59. The monoisotopic (exact) mass is 421 g/mol. The van der Waals surface area contributed by atoms with Crippen molar-refractivity contribution in [3.05, 3.63) is 81.2 Å². The molecule has 8 nitrogen and oxygen atoms in total. The fraction of sp³-hybridized carbons (Fsp3) is 0.217. The Morgan fingerprint density at radius 1 is 1.10 bits per heavy atom. The highest BCUT2D eigenvalue weighted by Crippen LogP contribution is 2.27. The van der Waals surface area contributed by atoms with Crippen LogP contribution >= 0.6 is 0 Å². The molecule has 0 aliphatic rings. The molecular formula is C23H23N3O5. The topological polar surface area (TPSA) is 104 Å². The first-order valence-electron chi connectivity index (χ1n) is 9.58. The van der Waals surface area contributed by atoms with Crippen LogP contribution in [0.25, 0.3) is 11.1 Å². The van der Waals surface area contributed by atoms with Gasteiger partial charge in [0.15, 0.2) is 0 Å². The predicted molar refractivity (Wildman–Crippen MR) is 117 cm³/mol. The molecule has 0 saturated heterocycles. The Bertz CT molecular complexity index is 1130. The lowest BCUT2D eigenvalue weighted by atomic mass is 10.0. The lowest BCUT2D eigenvalue weighted by Gasteiger charge is -2.13. The van der Waals surface area contributed by atoms with Crippen LogP contribution in [0.2, 0.25) is 0 Å². The average Bonchev–Trinajstić information content (AvgIpc) is 2.73. The highest BCUT2D eigenvalue weighted by Gasteiger charge is 2.13. The van der Waals surface area contributed by atoms with Crippen molar-refractivity contribution in [3.63, 3.8) is 0 Å². The van der Waals surface area contributed by atoms with Gasteiger partial charge >= 0.3 is 6.09 Å². The van der Waals surface area contributed by atoms with Crippen molar-refractivity contribution in [3.8, 4) is 16.9 Å². The molecule has 1 N–H and O–H groups in total. The van der Waals surface area contributed by atoms with Gasteiger partial charge in [-0.05, 0) is 61.7 Å². The van der Waals surface area contributed by atoms with E-state index in [0.29, 0.717) is 11.4 Å². The quantitative estimate of drug-likeness (QED) is 0.426. The first-order valence-corrected chi connectivity index (χ1v) is 9.58. The number of ether oxygens (including phenoxy) is 2. The minimum Gasteiger partial charge on any atom is -0.496 e. The summed E-state index contributed by atoms with van der Waals surface area (Å²) in [6, 6.07) is 11.8. The number of hydrogen-bond acceptors (Lipinski definition) is 6. The second kappa shape index (κ2) is 9.25. The lowest BCUT2D eigenvalue weighted by Crippen LogP contribution is -2.15. The summed E-state index contributed by atoms with van der Waals surface area (Å²) < 4.78 is 10.7. The predicted octanol–water partition coefficient (Wildman–Crippen LogP) is 5.34. The standard InChI is InChI=1S/C23H23N3O5/c1-14-9-18(17-5-7-20(8-6-17)26(28)29)11-19(10-14)25-23(27)31-13-21-16(3)22(30-4)15(2)12-24-21/h5-12H,13H2,1-4H3,(H,25,27). The molecule has 3 aromatic rings. The number of nitro benzene ring substituents is 1. The molecule has 8 heteroatoms. The minimum atomic E-state index is -0.610. The number of nitro groups is 1. The molecule has 1 aromatic heterocycles. The van der Waals surface area contributed by atoms with Gasteiger partial charge in [-0.15, -0.1) is 0 Å². The highest BCUT2D eigenvalue weighted by atomic mass is 16.6. The number of hydrogen-bond donors (Lipinski definition) is 1. The van der Waals surface area contributed by atoms with Crippen LogP contribution < -0.4 is 10.1 Å². The van der Waals surface area contributed by atoms with Gasteiger partial charge in [0.2, 0.25) is 0 Å². The van der Waals surface area contributed by atoms with Crippen molar-refractivity contribution < 1.29 is 19.2 Å². The average molecular weight is 421 g/mol. The summed E-state index contributed by atoms with van der Waals surface area (Å²) in [4.78, 5) is 27.1. The Morgan fingerprint density at radius 3 is 2.45 bits per heavy atom. The number of nitrogens with zero attached hydrogens (tertiary/aromatic N) is 2. The van der Waals surface area contributed by atoms with Gasteiger partial charge in [0, 0.05) is 35.1 Å². The first kappa shape index (κ1) is 21.8. The maximum atomic E-state index is 12.3. The molecule has 0 bridgehead atoms. The number of aromatic nitrogens is 1. The van der Waals surface area contributed by atoms with Gasteiger partial charge in [0.05, 0.1) is 17.7 Å². The zero-order valence-corrected chi connectivity index (χ0v) is 17.8. The summed E-state index contributed by atoms with van der Waals surface area (Å²) >= 11 is 0. The molecule has 160 valence electrons. The first-order chi connectivity index (χ1) is 14.8. The van der Waals surface area contributed by atoms with Crippen LogP contribution in [0, 0.1) is 30.9 Å². The number of non-ortho nitro benzene ring substituents is 1. The van der Waals surface area contributed by atoms with Crippen molar-refractivity contribution >= 4 is 17.5 Å². The maximum absolute atomic E-state index is 12.3. The Labute approximate surface area is 180 Å². The van der Waals surface area contributed by atoms with Crippen LogP contribution in [0.4, 0.5) is 16.2 Å². The van der Waals surface area contributed by atoms with Gasteiger partial charge in [0.1, 0.15) is 12.4 Å². The molecule has 0 unspecified atom stereocenters. The van der Waals surface area contributed by atoms with E-state index >= 15 is 0 Å². The third-order valence-electron chi connectivity index (χ3n) is 4.82. The number of aryl methyl sites for hydroxylation is 2. The number of anilines is 1. The van der Waals surface area contributed by atoms with Crippen molar-refractivity contribution in [1.29, 1.82) is 0 Å². The number of pyridine rings is 1. The molecular weight excluding hydrogens is 398 g/mol. The molecule has 0 fully saturated rings. The maximum Gasteiger partial charge on any atom is 0.412 e. The second-order valence-corrected chi connectivity index (χ2v) is 7.14. The Hall–Kier alpha value is -3.94. The van der Waals surface area contributed by atoms with Crippen molar-refractivity contribution in [2.75, 3.05) is 12.4 Å². The van der Waals surface area contributed by atoms with E-state index in [4.69, 9.17) is 9.47 Å². The minimum absolute atomic E-state index is 0.00926. The SMILES string of the molecule is COc1c(C)cnc(COC(=O)Nc2cc(C)cc(-c3ccc([N+](=O)[O-])cc3)c2)c1C. The molecule has 0 radical (unpaired) electrons. The van der Waals surface area contributed by atoms with Crippen LogP contribution in [-0.4, -0.2) is 23.1 Å². The van der Waals surface area contributed by atoms with Gasteiger partial charge in [-0.25, -0.2) is 4.79 Å². The summed E-state index contributed by atoms with van der Waals surface area (Å²) in [5.41, 5.74) is 5.49. The molecule has 0 spiro atoms. The molecule has 3 rings (SSSR count). The second-order valence-electron chi connectivity index (χ2n) is 7.14. The van der Waals surface area contributed by atoms with E-state index < -0.39 is 11.0 Å². The number of carbonyl (C=O) groups excluding carboxylic acids is 1. The zero-order valence-electron chi connectivity index (χ0n) is 17.8. The number of carbonyl (C=O) groups is 1. The lowest BCUT2D eigenvalue weighted by molar-refractivity contribution is -0.384. The van der Waals surface area contributed by atoms with Gasteiger partial charge in [0.25, 0.3) is 5.69 Å². The molecule has 0 atom stereocenters. The molecule has 1 heterocycles. The normalized spacial score (nSPS) is 10.5.